The number of benzene rings is 1. The van der Waals surface area contributed by atoms with E-state index in [0.29, 0.717) is 12.1 Å². The lowest BCUT2D eigenvalue weighted by Gasteiger charge is -2.04. The zero-order valence-corrected chi connectivity index (χ0v) is 10.2. The van der Waals surface area contributed by atoms with Crippen LogP contribution in [0.5, 0.6) is 0 Å². The first-order valence-electron chi connectivity index (χ1n) is 5.91. The second-order valence-electron chi connectivity index (χ2n) is 4.06. The van der Waals surface area contributed by atoms with Crippen LogP contribution in [0.3, 0.4) is 0 Å². The fourth-order valence-corrected chi connectivity index (χ4v) is 1.71. The molecule has 0 aliphatic carbocycles. The summed E-state index contributed by atoms with van der Waals surface area (Å²) in [6.07, 6.45) is 0.846. The van der Waals surface area contributed by atoms with Gasteiger partial charge in [-0.25, -0.2) is 8.78 Å². The number of nitrogens with one attached hydrogen (secondary N) is 1. The smallest absolute Gasteiger partial charge is 0.127 e. The molecule has 18 heavy (non-hydrogen) atoms. The van der Waals surface area contributed by atoms with Crippen LogP contribution in [0.1, 0.15) is 24.0 Å². The Morgan fingerprint density at radius 2 is 1.83 bits per heavy atom. The third-order valence-corrected chi connectivity index (χ3v) is 2.69. The van der Waals surface area contributed by atoms with Crippen LogP contribution in [-0.4, -0.2) is 0 Å². The van der Waals surface area contributed by atoms with Crippen LogP contribution in [0.4, 0.5) is 8.78 Å². The molecule has 0 saturated carbocycles. The maximum absolute atomic E-state index is 13.3. The lowest BCUT2D eigenvalue weighted by Crippen LogP contribution is -2.13. The number of hydrogen-bond acceptors (Lipinski definition) is 2. The molecule has 2 nitrogen and oxygen atoms in total. The fourth-order valence-electron chi connectivity index (χ4n) is 1.71. The van der Waals surface area contributed by atoms with Crippen LogP contribution in [-0.2, 0) is 19.5 Å². The predicted octanol–water partition coefficient (Wildman–Crippen LogP) is 3.41. The van der Waals surface area contributed by atoms with Crippen molar-refractivity contribution in [3.63, 3.8) is 0 Å². The number of rotatable bonds is 5. The molecule has 0 radical (unpaired) electrons. The summed E-state index contributed by atoms with van der Waals surface area (Å²) in [6, 6.07) is 7.24. The molecule has 1 N–H and O–H groups in total. The highest BCUT2D eigenvalue weighted by Crippen LogP contribution is 2.11. The Bertz CT molecular complexity index is 522. The molecule has 2 aromatic rings. The van der Waals surface area contributed by atoms with Crippen molar-refractivity contribution < 1.29 is 13.2 Å². The van der Waals surface area contributed by atoms with E-state index < -0.39 is 11.6 Å². The van der Waals surface area contributed by atoms with E-state index in [4.69, 9.17) is 4.42 Å². The van der Waals surface area contributed by atoms with Crippen molar-refractivity contribution in [3.8, 4) is 0 Å². The van der Waals surface area contributed by atoms with Gasteiger partial charge in [-0.15, -0.1) is 0 Å². The van der Waals surface area contributed by atoms with E-state index in [9.17, 15) is 8.78 Å². The molecule has 0 aliphatic rings. The molecule has 1 heterocycles. The molecule has 0 saturated heterocycles. The standard InChI is InChI=1S/C14H15F2NO/c1-2-12-4-5-13(18-12)9-17-8-10-7-11(15)3-6-14(10)16/h3-7,17H,2,8-9H2,1H3. The van der Waals surface area contributed by atoms with Crippen molar-refractivity contribution in [2.75, 3.05) is 0 Å². The molecule has 0 bridgehead atoms. The lowest BCUT2D eigenvalue weighted by atomic mass is 10.2. The Morgan fingerprint density at radius 1 is 1.06 bits per heavy atom. The first-order valence-corrected chi connectivity index (χ1v) is 5.91. The normalized spacial score (nSPS) is 10.8. The van der Waals surface area contributed by atoms with Crippen molar-refractivity contribution in [2.45, 2.75) is 26.4 Å². The summed E-state index contributed by atoms with van der Waals surface area (Å²) >= 11 is 0. The second-order valence-corrected chi connectivity index (χ2v) is 4.06. The molecule has 0 unspecified atom stereocenters. The van der Waals surface area contributed by atoms with E-state index >= 15 is 0 Å². The lowest BCUT2D eigenvalue weighted by molar-refractivity contribution is 0.448. The molecular weight excluding hydrogens is 236 g/mol. The van der Waals surface area contributed by atoms with Gasteiger partial charge in [0.1, 0.15) is 23.2 Å². The first kappa shape index (κ1) is 12.8. The maximum Gasteiger partial charge on any atom is 0.127 e. The summed E-state index contributed by atoms with van der Waals surface area (Å²) in [5, 5.41) is 3.02. The Kier molecular flexibility index (Phi) is 4.10. The Balaban J connectivity index is 1.90. The van der Waals surface area contributed by atoms with Gasteiger partial charge in [0.15, 0.2) is 0 Å². The minimum absolute atomic E-state index is 0.270. The van der Waals surface area contributed by atoms with Crippen molar-refractivity contribution in [3.05, 3.63) is 59.1 Å². The first-order chi connectivity index (χ1) is 8.69. The summed E-state index contributed by atoms with van der Waals surface area (Å²) in [5.74, 6) is 0.879. The fraction of sp³-hybridized carbons (Fsp3) is 0.286. The Morgan fingerprint density at radius 3 is 2.56 bits per heavy atom. The van der Waals surface area contributed by atoms with Crippen LogP contribution in [0.2, 0.25) is 0 Å². The SMILES string of the molecule is CCc1ccc(CNCc2cc(F)ccc2F)o1. The van der Waals surface area contributed by atoms with Gasteiger partial charge >= 0.3 is 0 Å². The molecule has 4 heteroatoms. The van der Waals surface area contributed by atoms with Crippen molar-refractivity contribution >= 4 is 0 Å². The highest BCUT2D eigenvalue weighted by molar-refractivity contribution is 5.18. The van der Waals surface area contributed by atoms with Gasteiger partial charge in [0, 0.05) is 18.5 Å². The highest BCUT2D eigenvalue weighted by atomic mass is 19.1. The molecule has 2 rings (SSSR count). The summed E-state index contributed by atoms with van der Waals surface area (Å²) in [4.78, 5) is 0. The summed E-state index contributed by atoms with van der Waals surface area (Å²) in [7, 11) is 0. The van der Waals surface area contributed by atoms with Crippen LogP contribution in [0, 0.1) is 11.6 Å². The Hall–Kier alpha value is -1.68. The van der Waals surface area contributed by atoms with Crippen molar-refractivity contribution in [1.82, 2.24) is 5.32 Å². The summed E-state index contributed by atoms with van der Waals surface area (Å²) in [6.45, 7) is 2.78. The average Bonchev–Trinajstić information content (AvgIpc) is 2.81. The van der Waals surface area contributed by atoms with Gasteiger partial charge in [-0.2, -0.15) is 0 Å². The monoisotopic (exact) mass is 251 g/mol. The zero-order valence-electron chi connectivity index (χ0n) is 10.2. The van der Waals surface area contributed by atoms with E-state index in [-0.39, 0.29) is 6.54 Å². The molecule has 0 fully saturated rings. The maximum atomic E-state index is 13.3. The van der Waals surface area contributed by atoms with Crippen LogP contribution >= 0.6 is 0 Å². The van der Waals surface area contributed by atoms with E-state index in [0.717, 1.165) is 30.1 Å². The largest absolute Gasteiger partial charge is 0.465 e. The quantitative estimate of drug-likeness (QED) is 0.881. The molecule has 0 atom stereocenters. The van der Waals surface area contributed by atoms with Gasteiger partial charge < -0.3 is 9.73 Å². The van der Waals surface area contributed by atoms with Crippen LogP contribution in [0.25, 0.3) is 0 Å². The molecule has 0 amide bonds. The minimum atomic E-state index is -0.431. The molecule has 0 spiro atoms. The van der Waals surface area contributed by atoms with E-state index in [1.165, 1.54) is 6.07 Å². The summed E-state index contributed by atoms with van der Waals surface area (Å²) in [5.41, 5.74) is 0.317. The average molecular weight is 251 g/mol. The third-order valence-electron chi connectivity index (χ3n) is 2.69. The number of furan rings is 1. The minimum Gasteiger partial charge on any atom is -0.465 e. The second kappa shape index (κ2) is 5.78. The zero-order chi connectivity index (χ0) is 13.0. The molecular formula is C14H15F2NO. The van der Waals surface area contributed by atoms with Crippen LogP contribution in [0.15, 0.2) is 34.7 Å². The van der Waals surface area contributed by atoms with Crippen LogP contribution < -0.4 is 5.32 Å². The van der Waals surface area contributed by atoms with Gasteiger partial charge in [0.2, 0.25) is 0 Å². The highest BCUT2D eigenvalue weighted by Gasteiger charge is 2.04. The van der Waals surface area contributed by atoms with Crippen molar-refractivity contribution in [1.29, 1.82) is 0 Å². The van der Waals surface area contributed by atoms with Crippen molar-refractivity contribution in [2.24, 2.45) is 0 Å². The predicted molar refractivity (Wildman–Crippen MR) is 65.0 cm³/mol. The van der Waals surface area contributed by atoms with Gasteiger partial charge in [0.05, 0.1) is 6.54 Å². The number of aryl methyl sites for hydroxylation is 1. The van der Waals surface area contributed by atoms with Gasteiger partial charge in [-0.05, 0) is 30.3 Å². The number of halogens is 2. The van der Waals surface area contributed by atoms with Gasteiger partial charge in [-0.3, -0.25) is 0 Å². The topological polar surface area (TPSA) is 25.2 Å². The summed E-state index contributed by atoms with van der Waals surface area (Å²) < 4.78 is 31.8. The molecule has 1 aromatic carbocycles. The third kappa shape index (κ3) is 3.17. The molecule has 1 aromatic heterocycles. The molecule has 0 aliphatic heterocycles. The number of hydrogen-bond donors (Lipinski definition) is 1. The van der Waals surface area contributed by atoms with Gasteiger partial charge in [0.25, 0.3) is 0 Å². The Labute approximate surface area is 105 Å². The molecule has 96 valence electrons. The van der Waals surface area contributed by atoms with Gasteiger partial charge in [-0.1, -0.05) is 6.92 Å². The van der Waals surface area contributed by atoms with E-state index in [1.807, 2.05) is 19.1 Å². The van der Waals surface area contributed by atoms with E-state index in [1.54, 1.807) is 0 Å². The van der Waals surface area contributed by atoms with E-state index in [2.05, 4.69) is 5.32 Å².